The van der Waals surface area contributed by atoms with Crippen LogP contribution in [0, 0.1) is 6.92 Å². The minimum atomic E-state index is -0.741. The lowest BCUT2D eigenvalue weighted by atomic mass is 9.66. The third-order valence-corrected chi connectivity index (χ3v) is 4.10. The quantitative estimate of drug-likeness (QED) is 0.685. The molecule has 0 heterocycles. The van der Waals surface area contributed by atoms with E-state index in [2.05, 4.69) is 31.2 Å². The van der Waals surface area contributed by atoms with Crippen LogP contribution < -0.4 is 0 Å². The molecule has 0 nitrogen and oxygen atoms in total. The van der Waals surface area contributed by atoms with Crippen molar-refractivity contribution < 1.29 is 4.39 Å². The molecule has 0 N–H and O–H groups in total. The molecule has 16 heavy (non-hydrogen) atoms. The van der Waals surface area contributed by atoms with Gasteiger partial charge in [0.1, 0.15) is 6.17 Å². The van der Waals surface area contributed by atoms with Crippen LogP contribution in [0.1, 0.15) is 50.2 Å². The maximum atomic E-state index is 14.1. The van der Waals surface area contributed by atoms with Crippen LogP contribution in [-0.2, 0) is 5.41 Å². The van der Waals surface area contributed by atoms with Crippen LogP contribution in [0.4, 0.5) is 4.39 Å². The Balaban J connectivity index is 2.38. The summed E-state index contributed by atoms with van der Waals surface area (Å²) in [6.07, 6.45) is 4.88. The van der Waals surface area contributed by atoms with Gasteiger partial charge in [0.2, 0.25) is 0 Å². The van der Waals surface area contributed by atoms with Gasteiger partial charge in [-0.25, -0.2) is 4.39 Å². The van der Waals surface area contributed by atoms with Crippen molar-refractivity contribution >= 4 is 0 Å². The summed E-state index contributed by atoms with van der Waals surface area (Å²) in [4.78, 5) is 0. The normalized spacial score (nSPS) is 21.7. The van der Waals surface area contributed by atoms with Crippen LogP contribution in [0.25, 0.3) is 0 Å². The smallest absolute Gasteiger partial charge is 0.107 e. The molecular weight excluding hydrogens is 199 g/mol. The first-order chi connectivity index (χ1) is 7.65. The molecule has 0 aromatic heterocycles. The van der Waals surface area contributed by atoms with Crippen molar-refractivity contribution in [1.82, 2.24) is 0 Å². The lowest BCUT2D eigenvalue weighted by Crippen LogP contribution is -2.37. The van der Waals surface area contributed by atoms with Gasteiger partial charge in [-0.1, -0.05) is 49.1 Å². The Morgan fingerprint density at radius 1 is 1.19 bits per heavy atom. The van der Waals surface area contributed by atoms with Crippen LogP contribution in [0.5, 0.6) is 0 Å². The summed E-state index contributed by atoms with van der Waals surface area (Å²) in [5, 5.41) is 0. The van der Waals surface area contributed by atoms with Crippen LogP contribution in [0.2, 0.25) is 0 Å². The fourth-order valence-electron chi connectivity index (χ4n) is 3.05. The summed E-state index contributed by atoms with van der Waals surface area (Å²) >= 11 is 0. The third kappa shape index (κ3) is 2.00. The molecule has 2 rings (SSSR count). The Labute approximate surface area is 97.9 Å². The highest BCUT2D eigenvalue weighted by atomic mass is 19.1. The van der Waals surface area contributed by atoms with E-state index in [4.69, 9.17) is 0 Å². The predicted molar refractivity (Wildman–Crippen MR) is 66.5 cm³/mol. The van der Waals surface area contributed by atoms with Gasteiger partial charge in [0.15, 0.2) is 0 Å². The molecular formula is C15H21F. The van der Waals surface area contributed by atoms with Crippen molar-refractivity contribution in [3.63, 3.8) is 0 Å². The molecule has 1 aromatic carbocycles. The zero-order valence-electron chi connectivity index (χ0n) is 10.3. The molecule has 1 aliphatic rings. The molecule has 1 aliphatic carbocycles. The fourth-order valence-corrected chi connectivity index (χ4v) is 3.05. The monoisotopic (exact) mass is 220 g/mol. The molecule has 1 fully saturated rings. The summed E-state index contributed by atoms with van der Waals surface area (Å²) in [7, 11) is 0. The molecule has 0 bridgehead atoms. The van der Waals surface area contributed by atoms with Crippen molar-refractivity contribution in [1.29, 1.82) is 0 Å². The molecule has 1 saturated carbocycles. The second-order valence-electron chi connectivity index (χ2n) is 5.20. The molecule has 88 valence electrons. The van der Waals surface area contributed by atoms with Crippen molar-refractivity contribution in [3.8, 4) is 0 Å². The Kier molecular flexibility index (Phi) is 3.32. The van der Waals surface area contributed by atoms with Gasteiger partial charge in [-0.3, -0.25) is 0 Å². The second kappa shape index (κ2) is 4.57. The highest BCUT2D eigenvalue weighted by Gasteiger charge is 2.39. The van der Waals surface area contributed by atoms with E-state index >= 15 is 0 Å². The summed E-state index contributed by atoms with van der Waals surface area (Å²) in [6, 6.07) is 8.42. The molecule has 0 spiro atoms. The number of hydrogen-bond donors (Lipinski definition) is 0. The van der Waals surface area contributed by atoms with Crippen molar-refractivity contribution in [2.75, 3.05) is 0 Å². The number of rotatable bonds is 2. The Bertz CT molecular complexity index is 348. The number of halogens is 1. The van der Waals surface area contributed by atoms with Crippen LogP contribution in [0.15, 0.2) is 24.3 Å². The van der Waals surface area contributed by atoms with Crippen LogP contribution >= 0.6 is 0 Å². The zero-order chi connectivity index (χ0) is 11.6. The maximum Gasteiger partial charge on any atom is 0.107 e. The van der Waals surface area contributed by atoms with Crippen LogP contribution in [-0.4, -0.2) is 6.17 Å². The summed E-state index contributed by atoms with van der Waals surface area (Å²) < 4.78 is 14.1. The first-order valence-corrected chi connectivity index (χ1v) is 6.36. The van der Waals surface area contributed by atoms with Crippen molar-refractivity contribution in [2.24, 2.45) is 0 Å². The number of hydrogen-bond acceptors (Lipinski definition) is 0. The second-order valence-corrected chi connectivity index (χ2v) is 5.20. The molecule has 0 aliphatic heterocycles. The molecule has 1 unspecified atom stereocenters. The van der Waals surface area contributed by atoms with E-state index in [1.165, 1.54) is 30.4 Å². The number of alkyl halides is 1. The van der Waals surface area contributed by atoms with Crippen LogP contribution in [0.3, 0.4) is 0 Å². The predicted octanol–water partition coefficient (Wildman–Crippen LogP) is 4.55. The van der Waals surface area contributed by atoms with E-state index < -0.39 is 6.17 Å². The summed E-state index contributed by atoms with van der Waals surface area (Å²) in [5.74, 6) is 0. The fraction of sp³-hybridized carbons (Fsp3) is 0.600. The lowest BCUT2D eigenvalue weighted by molar-refractivity contribution is 0.151. The molecule has 0 amide bonds. The lowest BCUT2D eigenvalue weighted by Gasteiger charge is -2.39. The van der Waals surface area contributed by atoms with Gasteiger partial charge in [-0.2, -0.15) is 0 Å². The van der Waals surface area contributed by atoms with Gasteiger partial charge in [-0.15, -0.1) is 0 Å². The first-order valence-electron chi connectivity index (χ1n) is 6.36. The topological polar surface area (TPSA) is 0 Å². The molecule has 0 saturated heterocycles. The highest BCUT2D eigenvalue weighted by Crippen LogP contribution is 2.43. The van der Waals surface area contributed by atoms with Gasteiger partial charge in [0, 0.05) is 5.41 Å². The standard InChI is InChI=1S/C15H21F/c1-12-7-6-8-14(11-12)15(13(2)16)9-4-3-5-10-15/h6-8,11,13H,3-5,9-10H2,1-2H3. The van der Waals surface area contributed by atoms with Gasteiger partial charge < -0.3 is 0 Å². The van der Waals surface area contributed by atoms with E-state index in [0.717, 1.165) is 12.8 Å². The Morgan fingerprint density at radius 2 is 1.88 bits per heavy atom. The van der Waals surface area contributed by atoms with Crippen molar-refractivity contribution in [2.45, 2.75) is 57.5 Å². The minimum absolute atomic E-state index is 0.204. The first kappa shape index (κ1) is 11.6. The maximum absolute atomic E-state index is 14.1. The Hall–Kier alpha value is -0.850. The summed E-state index contributed by atoms with van der Waals surface area (Å²) in [6.45, 7) is 3.82. The van der Waals surface area contributed by atoms with Gasteiger partial charge >= 0.3 is 0 Å². The molecule has 0 radical (unpaired) electrons. The van der Waals surface area contributed by atoms with E-state index in [-0.39, 0.29) is 5.41 Å². The highest BCUT2D eigenvalue weighted by molar-refractivity contribution is 5.31. The zero-order valence-corrected chi connectivity index (χ0v) is 10.3. The average molecular weight is 220 g/mol. The van der Waals surface area contributed by atoms with Gasteiger partial charge in [-0.05, 0) is 32.3 Å². The van der Waals surface area contributed by atoms with E-state index in [1.807, 2.05) is 0 Å². The molecule has 1 heteroatoms. The van der Waals surface area contributed by atoms with Gasteiger partial charge in [0.05, 0.1) is 0 Å². The largest absolute Gasteiger partial charge is 0.247 e. The van der Waals surface area contributed by atoms with Crippen molar-refractivity contribution in [3.05, 3.63) is 35.4 Å². The van der Waals surface area contributed by atoms with E-state index in [1.54, 1.807) is 6.92 Å². The van der Waals surface area contributed by atoms with E-state index in [9.17, 15) is 4.39 Å². The number of benzene rings is 1. The Morgan fingerprint density at radius 3 is 2.44 bits per heavy atom. The SMILES string of the molecule is Cc1cccc(C2(C(C)F)CCCCC2)c1. The summed E-state index contributed by atoms with van der Waals surface area (Å²) in [5.41, 5.74) is 2.25. The van der Waals surface area contributed by atoms with E-state index in [0.29, 0.717) is 0 Å². The average Bonchev–Trinajstić information content (AvgIpc) is 2.30. The minimum Gasteiger partial charge on any atom is -0.247 e. The molecule has 1 aromatic rings. The molecule has 1 atom stereocenters. The number of aryl methyl sites for hydroxylation is 1. The third-order valence-electron chi connectivity index (χ3n) is 4.10. The van der Waals surface area contributed by atoms with Gasteiger partial charge in [0.25, 0.3) is 0 Å².